The second-order valence-electron chi connectivity index (χ2n) is 12.6. The van der Waals surface area contributed by atoms with E-state index in [1.807, 2.05) is 46.2 Å². The number of carbonyl (C=O) groups is 1. The zero-order valence-electron chi connectivity index (χ0n) is 27.0. The number of ketones is 1. The Balaban J connectivity index is 0.000000274. The van der Waals surface area contributed by atoms with Crippen molar-refractivity contribution in [2.75, 3.05) is 0 Å². The first-order valence-corrected chi connectivity index (χ1v) is 15.7. The third-order valence-corrected chi connectivity index (χ3v) is 8.88. The van der Waals surface area contributed by atoms with E-state index in [0.29, 0.717) is 5.92 Å². The summed E-state index contributed by atoms with van der Waals surface area (Å²) in [6, 6.07) is 16.8. The molecule has 1 N–H and O–H groups in total. The summed E-state index contributed by atoms with van der Waals surface area (Å²) < 4.78 is 0. The van der Waals surface area contributed by atoms with Gasteiger partial charge < -0.3 is 5.11 Å². The predicted molar refractivity (Wildman–Crippen MR) is 176 cm³/mol. The van der Waals surface area contributed by atoms with Gasteiger partial charge in [0, 0.05) is 56.1 Å². The number of aliphatic hydroxyl groups is 1. The molecule has 4 nitrogen and oxygen atoms in total. The second kappa shape index (κ2) is 14.7. The average molecular weight is 756 g/mol. The summed E-state index contributed by atoms with van der Waals surface area (Å²) in [6.07, 6.45) is 9.79. The molecule has 0 saturated heterocycles. The van der Waals surface area contributed by atoms with Crippen LogP contribution >= 0.6 is 0 Å². The molecular formula is C38H47IrN2O2-. The van der Waals surface area contributed by atoms with Crippen LogP contribution in [0.5, 0.6) is 0 Å². The van der Waals surface area contributed by atoms with Gasteiger partial charge in [-0.1, -0.05) is 96.2 Å². The summed E-state index contributed by atoms with van der Waals surface area (Å²) in [5.41, 5.74) is 7.10. The molecule has 1 aliphatic rings. The fourth-order valence-corrected chi connectivity index (χ4v) is 6.30. The van der Waals surface area contributed by atoms with Crippen LogP contribution in [0.1, 0.15) is 97.8 Å². The third-order valence-electron chi connectivity index (χ3n) is 8.88. The van der Waals surface area contributed by atoms with Gasteiger partial charge in [0.1, 0.15) is 0 Å². The maximum Gasteiger partial charge on any atom is 0.162 e. The number of allylic oxidation sites excluding steroid dienone is 2. The molecular weight excluding hydrogens is 709 g/mol. The van der Waals surface area contributed by atoms with Crippen LogP contribution < -0.4 is 0 Å². The summed E-state index contributed by atoms with van der Waals surface area (Å²) in [6.45, 7) is 17.3. The van der Waals surface area contributed by atoms with E-state index in [2.05, 4.69) is 69.1 Å². The van der Waals surface area contributed by atoms with Crippen molar-refractivity contribution in [2.45, 2.75) is 92.9 Å². The fourth-order valence-electron chi connectivity index (χ4n) is 6.30. The number of hydrogen-bond acceptors (Lipinski definition) is 4. The number of hydrogen-bond donors (Lipinski definition) is 1. The predicted octanol–water partition coefficient (Wildman–Crippen LogP) is 9.96. The quantitative estimate of drug-likeness (QED) is 0.105. The van der Waals surface area contributed by atoms with E-state index in [4.69, 9.17) is 4.98 Å². The first-order chi connectivity index (χ1) is 20.0. The topological polar surface area (TPSA) is 63.1 Å². The Bertz CT molecular complexity index is 1600. The smallest absolute Gasteiger partial charge is 0.162 e. The van der Waals surface area contributed by atoms with Gasteiger partial charge in [-0.3, -0.25) is 14.8 Å². The van der Waals surface area contributed by atoms with E-state index in [1.54, 1.807) is 0 Å². The third kappa shape index (κ3) is 7.27. The molecule has 0 spiro atoms. The molecule has 0 bridgehead atoms. The molecule has 5 rings (SSSR count). The number of aromatic nitrogens is 2. The molecule has 0 saturated carbocycles. The largest absolute Gasteiger partial charge is 0.512 e. The molecule has 4 aromatic rings. The van der Waals surface area contributed by atoms with E-state index in [-0.39, 0.29) is 48.9 Å². The number of pyridine rings is 2. The Labute approximate surface area is 271 Å². The van der Waals surface area contributed by atoms with Gasteiger partial charge >= 0.3 is 0 Å². The van der Waals surface area contributed by atoms with Crippen molar-refractivity contribution in [3.8, 4) is 11.3 Å². The van der Waals surface area contributed by atoms with Crippen molar-refractivity contribution in [3.63, 3.8) is 0 Å². The number of benzene rings is 2. The molecule has 0 fully saturated rings. The van der Waals surface area contributed by atoms with Crippen molar-refractivity contribution in [1.29, 1.82) is 0 Å². The van der Waals surface area contributed by atoms with E-state index in [0.717, 1.165) is 54.3 Å². The minimum atomic E-state index is -0.112. The van der Waals surface area contributed by atoms with Crippen LogP contribution in [-0.2, 0) is 36.7 Å². The summed E-state index contributed by atoms with van der Waals surface area (Å²) in [5.74, 6) is 1.18. The molecule has 0 unspecified atom stereocenters. The van der Waals surface area contributed by atoms with Gasteiger partial charge in [-0.2, -0.15) is 0 Å². The number of nitrogens with zero attached hydrogens (tertiary/aromatic N) is 2. The number of carbonyl (C=O) groups excluding carboxylic acids is 1. The molecule has 2 aromatic heterocycles. The van der Waals surface area contributed by atoms with E-state index in [9.17, 15) is 9.90 Å². The normalized spacial score (nSPS) is 13.6. The van der Waals surface area contributed by atoms with Gasteiger partial charge in [0.2, 0.25) is 0 Å². The van der Waals surface area contributed by atoms with E-state index >= 15 is 0 Å². The van der Waals surface area contributed by atoms with Gasteiger partial charge in [-0.05, 0) is 76.9 Å². The first-order valence-electron chi connectivity index (χ1n) is 15.7. The van der Waals surface area contributed by atoms with Crippen LogP contribution in [-0.4, -0.2) is 20.9 Å². The molecule has 1 radical (unpaired) electrons. The Kier molecular flexibility index (Phi) is 11.9. The fraction of sp³-hybridized carbons (Fsp3) is 0.447. The second-order valence-corrected chi connectivity index (χ2v) is 12.6. The monoisotopic (exact) mass is 756 g/mol. The van der Waals surface area contributed by atoms with Crippen molar-refractivity contribution < 1.29 is 30.0 Å². The molecule has 2 aromatic carbocycles. The SMILES string of the molecule is CC(C)Cc1cc2c3c(nccc3c1)-c1[c-]c3cccnc3cc1C2(C)C.CCC(CC)C(=O)/C=C(\O)C(CC)CC.[Ir]. The summed E-state index contributed by atoms with van der Waals surface area (Å²) in [7, 11) is 0. The Hall–Kier alpha value is -2.88. The molecule has 0 amide bonds. The van der Waals surface area contributed by atoms with Gasteiger partial charge in [0.05, 0.1) is 5.76 Å². The van der Waals surface area contributed by atoms with Crippen molar-refractivity contribution in [2.24, 2.45) is 17.8 Å². The molecule has 43 heavy (non-hydrogen) atoms. The zero-order chi connectivity index (χ0) is 30.6. The molecule has 5 heteroatoms. The molecule has 0 atom stereocenters. The Morgan fingerprint density at radius 1 is 0.930 bits per heavy atom. The van der Waals surface area contributed by atoms with Crippen molar-refractivity contribution in [3.05, 3.63) is 83.4 Å². The standard InChI is InChI=1S/C25H23N2.C13H24O2.Ir/c1-15(2)10-16-11-18-7-9-27-24-19-13-17-6-5-8-26-22(17)14-20(19)25(3,4)21(12-16)23(18)24;1-5-10(6-2)12(14)9-13(15)11(7-3)8-4;/h5-9,11-12,14-15H,10H2,1-4H3;9-11,14H,5-8H2,1-4H3;/q-1;;/b;12-9-;. The van der Waals surface area contributed by atoms with Gasteiger partial charge in [-0.25, -0.2) is 0 Å². The summed E-state index contributed by atoms with van der Waals surface area (Å²) in [5, 5.41) is 13.4. The van der Waals surface area contributed by atoms with Crippen molar-refractivity contribution >= 4 is 27.5 Å². The van der Waals surface area contributed by atoms with Crippen LogP contribution in [0.4, 0.5) is 0 Å². The van der Waals surface area contributed by atoms with E-state index in [1.165, 1.54) is 33.5 Å². The summed E-state index contributed by atoms with van der Waals surface area (Å²) >= 11 is 0. The zero-order valence-corrected chi connectivity index (χ0v) is 29.4. The Morgan fingerprint density at radius 3 is 2.23 bits per heavy atom. The maximum atomic E-state index is 11.7. The minimum absolute atomic E-state index is 0. The summed E-state index contributed by atoms with van der Waals surface area (Å²) in [4.78, 5) is 21.1. The maximum absolute atomic E-state index is 11.7. The number of aliphatic hydroxyl groups excluding tert-OH is 1. The molecule has 0 aliphatic heterocycles. The molecule has 2 heterocycles. The molecule has 231 valence electrons. The van der Waals surface area contributed by atoms with Crippen LogP contribution in [0.25, 0.3) is 32.9 Å². The van der Waals surface area contributed by atoms with E-state index < -0.39 is 0 Å². The van der Waals surface area contributed by atoms with Gasteiger partial charge in [0.25, 0.3) is 0 Å². The first kappa shape index (κ1) is 34.6. The van der Waals surface area contributed by atoms with Crippen LogP contribution in [0.2, 0.25) is 0 Å². The van der Waals surface area contributed by atoms with Crippen LogP contribution in [0.15, 0.2) is 60.6 Å². The van der Waals surface area contributed by atoms with Gasteiger partial charge in [0.15, 0.2) is 5.78 Å². The number of fused-ring (bicyclic) bond motifs is 3. The molecule has 1 aliphatic carbocycles. The van der Waals surface area contributed by atoms with Crippen LogP contribution in [0.3, 0.4) is 0 Å². The van der Waals surface area contributed by atoms with Crippen LogP contribution in [0, 0.1) is 23.8 Å². The van der Waals surface area contributed by atoms with Crippen molar-refractivity contribution in [1.82, 2.24) is 9.97 Å². The average Bonchev–Trinajstić information content (AvgIpc) is 2.96. The Morgan fingerprint density at radius 2 is 1.60 bits per heavy atom. The van der Waals surface area contributed by atoms with Gasteiger partial charge in [-0.15, -0.1) is 12.1 Å². The number of rotatable bonds is 9. The minimum Gasteiger partial charge on any atom is -0.512 e.